The van der Waals surface area contributed by atoms with Gasteiger partial charge >= 0.3 is 0 Å². The Labute approximate surface area is 133 Å². The predicted octanol–water partition coefficient (Wildman–Crippen LogP) is 5.49. The molecule has 104 valence electrons. The fraction of sp³-hybridized carbons (Fsp3) is 0.250. The van der Waals surface area contributed by atoms with Gasteiger partial charge in [-0.1, -0.05) is 47.5 Å². The van der Waals surface area contributed by atoms with Crippen LogP contribution < -0.4 is 5.32 Å². The van der Waals surface area contributed by atoms with Crippen molar-refractivity contribution in [2.75, 3.05) is 5.75 Å². The molecule has 0 saturated heterocycles. The second-order valence-electron chi connectivity index (χ2n) is 4.96. The van der Waals surface area contributed by atoms with Gasteiger partial charge in [-0.25, -0.2) is 0 Å². The molecular weight excluding hydrogens is 309 g/mol. The van der Waals surface area contributed by atoms with Gasteiger partial charge in [0, 0.05) is 22.7 Å². The van der Waals surface area contributed by atoms with Crippen LogP contribution in [0.5, 0.6) is 0 Å². The van der Waals surface area contributed by atoms with Crippen LogP contribution in [-0.4, -0.2) is 5.75 Å². The summed E-state index contributed by atoms with van der Waals surface area (Å²) in [7, 11) is 0. The average molecular weight is 324 g/mol. The van der Waals surface area contributed by atoms with Gasteiger partial charge in [0.2, 0.25) is 0 Å². The molecule has 0 aliphatic carbocycles. The maximum absolute atomic E-state index is 6.09. The maximum atomic E-state index is 6.09. The number of fused-ring (bicyclic) bond motifs is 1. The molecule has 0 amide bonds. The molecule has 1 N–H and O–H groups in total. The topological polar surface area (TPSA) is 12.0 Å². The SMILES string of the molecule is CC(NC1CSc2ccccc21)c1ccc(Cl)c(Cl)c1. The molecule has 0 fully saturated rings. The van der Waals surface area contributed by atoms with Gasteiger partial charge in [-0.3, -0.25) is 0 Å². The van der Waals surface area contributed by atoms with E-state index in [1.807, 2.05) is 30.0 Å². The molecule has 0 aromatic heterocycles. The lowest BCUT2D eigenvalue weighted by Crippen LogP contribution is -2.24. The summed E-state index contributed by atoms with van der Waals surface area (Å²) in [5.74, 6) is 1.07. The van der Waals surface area contributed by atoms with Crippen LogP contribution in [0, 0.1) is 0 Å². The van der Waals surface area contributed by atoms with E-state index in [2.05, 4.69) is 36.5 Å². The Morgan fingerprint density at radius 2 is 1.95 bits per heavy atom. The van der Waals surface area contributed by atoms with E-state index in [0.717, 1.165) is 11.3 Å². The molecule has 20 heavy (non-hydrogen) atoms. The molecule has 2 unspecified atom stereocenters. The number of halogens is 2. The Bertz CT molecular complexity index is 630. The molecule has 0 radical (unpaired) electrons. The van der Waals surface area contributed by atoms with Gasteiger partial charge in [0.05, 0.1) is 10.0 Å². The molecule has 1 heterocycles. The van der Waals surface area contributed by atoms with Crippen LogP contribution in [0.25, 0.3) is 0 Å². The van der Waals surface area contributed by atoms with Crippen LogP contribution in [0.1, 0.15) is 30.1 Å². The summed E-state index contributed by atoms with van der Waals surface area (Å²) in [4.78, 5) is 1.38. The van der Waals surface area contributed by atoms with E-state index in [1.165, 1.54) is 10.5 Å². The van der Waals surface area contributed by atoms with Crippen LogP contribution >= 0.6 is 35.0 Å². The maximum Gasteiger partial charge on any atom is 0.0595 e. The first-order valence-electron chi connectivity index (χ1n) is 6.58. The first kappa shape index (κ1) is 14.3. The number of rotatable bonds is 3. The van der Waals surface area contributed by atoms with Crippen molar-refractivity contribution in [3.63, 3.8) is 0 Å². The molecule has 3 rings (SSSR count). The molecular formula is C16H15Cl2NS. The first-order valence-corrected chi connectivity index (χ1v) is 8.32. The third-order valence-electron chi connectivity index (χ3n) is 3.59. The zero-order valence-corrected chi connectivity index (χ0v) is 13.4. The lowest BCUT2D eigenvalue weighted by molar-refractivity contribution is 0.501. The quantitative estimate of drug-likeness (QED) is 0.801. The van der Waals surface area contributed by atoms with Gasteiger partial charge < -0.3 is 5.32 Å². The van der Waals surface area contributed by atoms with Crippen LogP contribution in [0.15, 0.2) is 47.4 Å². The fourth-order valence-electron chi connectivity index (χ4n) is 2.48. The zero-order valence-electron chi connectivity index (χ0n) is 11.1. The Balaban J connectivity index is 1.77. The van der Waals surface area contributed by atoms with Crippen molar-refractivity contribution in [2.24, 2.45) is 0 Å². The lowest BCUT2D eigenvalue weighted by atomic mass is 10.0. The third-order valence-corrected chi connectivity index (χ3v) is 5.52. The molecule has 1 aliphatic rings. The van der Waals surface area contributed by atoms with E-state index in [1.54, 1.807) is 0 Å². The van der Waals surface area contributed by atoms with Gasteiger partial charge in [-0.2, -0.15) is 0 Å². The van der Waals surface area contributed by atoms with Gasteiger partial charge in [0.15, 0.2) is 0 Å². The van der Waals surface area contributed by atoms with Crippen LogP contribution in [0.2, 0.25) is 10.0 Å². The highest BCUT2D eigenvalue weighted by atomic mass is 35.5. The molecule has 0 spiro atoms. The van der Waals surface area contributed by atoms with Crippen molar-refractivity contribution < 1.29 is 0 Å². The Hall–Kier alpha value is -0.670. The molecule has 2 aromatic rings. The van der Waals surface area contributed by atoms with E-state index in [0.29, 0.717) is 16.1 Å². The van der Waals surface area contributed by atoms with Crippen LogP contribution in [0.3, 0.4) is 0 Å². The smallest absolute Gasteiger partial charge is 0.0595 e. The van der Waals surface area contributed by atoms with E-state index in [4.69, 9.17) is 23.2 Å². The molecule has 2 aromatic carbocycles. The highest BCUT2D eigenvalue weighted by molar-refractivity contribution is 7.99. The first-order chi connectivity index (χ1) is 9.65. The van der Waals surface area contributed by atoms with Crippen LogP contribution in [0.4, 0.5) is 0 Å². The molecule has 4 heteroatoms. The minimum absolute atomic E-state index is 0.238. The molecule has 1 aliphatic heterocycles. The van der Waals surface area contributed by atoms with Gasteiger partial charge in [-0.05, 0) is 36.2 Å². The third kappa shape index (κ3) is 2.84. The van der Waals surface area contributed by atoms with Crippen molar-refractivity contribution in [1.29, 1.82) is 0 Å². The molecule has 0 saturated carbocycles. The van der Waals surface area contributed by atoms with Crippen molar-refractivity contribution in [2.45, 2.75) is 23.9 Å². The van der Waals surface area contributed by atoms with Crippen molar-refractivity contribution >= 4 is 35.0 Å². The fourth-order valence-corrected chi connectivity index (χ4v) is 3.96. The number of benzene rings is 2. The molecule has 0 bridgehead atoms. The summed E-state index contributed by atoms with van der Waals surface area (Å²) < 4.78 is 0. The Morgan fingerprint density at radius 3 is 2.75 bits per heavy atom. The Morgan fingerprint density at radius 1 is 1.15 bits per heavy atom. The summed E-state index contributed by atoms with van der Waals surface area (Å²) in [6, 6.07) is 15.0. The van der Waals surface area contributed by atoms with Crippen molar-refractivity contribution in [1.82, 2.24) is 5.32 Å². The summed E-state index contributed by atoms with van der Waals surface area (Å²) in [5.41, 5.74) is 2.55. The Kier molecular flexibility index (Phi) is 4.27. The summed E-state index contributed by atoms with van der Waals surface area (Å²) in [6.07, 6.45) is 0. The normalized spacial score (nSPS) is 18.9. The van der Waals surface area contributed by atoms with E-state index >= 15 is 0 Å². The van der Waals surface area contributed by atoms with E-state index in [9.17, 15) is 0 Å². The summed E-state index contributed by atoms with van der Waals surface area (Å²) >= 11 is 14.0. The minimum atomic E-state index is 0.238. The number of hydrogen-bond acceptors (Lipinski definition) is 2. The highest BCUT2D eigenvalue weighted by Gasteiger charge is 2.24. The monoisotopic (exact) mass is 323 g/mol. The summed E-state index contributed by atoms with van der Waals surface area (Å²) in [5, 5.41) is 4.89. The highest BCUT2D eigenvalue weighted by Crippen LogP contribution is 2.39. The molecule has 1 nitrogen and oxygen atoms in total. The number of hydrogen-bond donors (Lipinski definition) is 1. The van der Waals surface area contributed by atoms with Crippen LogP contribution in [-0.2, 0) is 0 Å². The van der Waals surface area contributed by atoms with Crippen molar-refractivity contribution in [3.8, 4) is 0 Å². The number of thioether (sulfide) groups is 1. The lowest BCUT2D eigenvalue weighted by Gasteiger charge is -2.20. The molecule has 2 atom stereocenters. The summed E-state index contributed by atoms with van der Waals surface area (Å²) in [6.45, 7) is 2.16. The average Bonchev–Trinajstić information content (AvgIpc) is 2.85. The van der Waals surface area contributed by atoms with E-state index < -0.39 is 0 Å². The van der Waals surface area contributed by atoms with Gasteiger partial charge in [0.1, 0.15) is 0 Å². The van der Waals surface area contributed by atoms with E-state index in [-0.39, 0.29) is 6.04 Å². The van der Waals surface area contributed by atoms with Gasteiger partial charge in [-0.15, -0.1) is 11.8 Å². The largest absolute Gasteiger partial charge is 0.303 e. The second kappa shape index (κ2) is 5.98. The zero-order chi connectivity index (χ0) is 14.1. The minimum Gasteiger partial charge on any atom is -0.303 e. The van der Waals surface area contributed by atoms with Gasteiger partial charge in [0.25, 0.3) is 0 Å². The predicted molar refractivity (Wildman–Crippen MR) is 87.9 cm³/mol. The second-order valence-corrected chi connectivity index (χ2v) is 6.84. The standard InChI is InChI=1S/C16H15Cl2NS/c1-10(11-6-7-13(17)14(18)8-11)19-15-9-20-16-5-3-2-4-12(15)16/h2-8,10,15,19H,9H2,1H3. The number of nitrogens with one attached hydrogen (secondary N) is 1. The van der Waals surface area contributed by atoms with Crippen molar-refractivity contribution in [3.05, 3.63) is 63.6 Å².